The van der Waals surface area contributed by atoms with Crippen LogP contribution in [0.4, 0.5) is 0 Å². The van der Waals surface area contributed by atoms with Crippen molar-refractivity contribution in [3.8, 4) is 6.07 Å². The van der Waals surface area contributed by atoms with Gasteiger partial charge in [0.2, 0.25) is 0 Å². The van der Waals surface area contributed by atoms with E-state index >= 15 is 0 Å². The van der Waals surface area contributed by atoms with Crippen molar-refractivity contribution in [2.75, 3.05) is 14.2 Å². The van der Waals surface area contributed by atoms with Crippen LogP contribution in [0.5, 0.6) is 0 Å². The molecule has 4 nitrogen and oxygen atoms in total. The van der Waals surface area contributed by atoms with Crippen molar-refractivity contribution < 1.29 is 14.6 Å². The van der Waals surface area contributed by atoms with Gasteiger partial charge in [0.25, 0.3) is 0 Å². The van der Waals surface area contributed by atoms with Crippen LogP contribution in [0.2, 0.25) is 0 Å². The van der Waals surface area contributed by atoms with E-state index in [1.165, 1.54) is 20.3 Å². The lowest BCUT2D eigenvalue weighted by atomic mass is 9.86. The zero-order valence-electron chi connectivity index (χ0n) is 8.49. The molecule has 0 radical (unpaired) electrons. The molecule has 78 valence electrons. The van der Waals surface area contributed by atoms with Gasteiger partial charge < -0.3 is 14.6 Å². The normalized spacial score (nSPS) is 28.7. The topological polar surface area (TPSA) is 62.5 Å². The molecule has 0 aromatic carbocycles. The average Bonchev–Trinajstić information content (AvgIpc) is 2.22. The molecule has 0 heterocycles. The minimum Gasteiger partial charge on any atom is -0.383 e. The molecule has 4 heteroatoms. The van der Waals surface area contributed by atoms with E-state index in [0.717, 1.165) is 12.8 Å². The Morgan fingerprint density at radius 3 is 2.71 bits per heavy atom. The van der Waals surface area contributed by atoms with E-state index in [0.29, 0.717) is 12.0 Å². The maximum Gasteiger partial charge on any atom is 0.197 e. The van der Waals surface area contributed by atoms with E-state index in [1.807, 2.05) is 6.07 Å². The minimum atomic E-state index is -0.971. The van der Waals surface area contributed by atoms with Crippen molar-refractivity contribution in [3.05, 3.63) is 11.6 Å². The van der Waals surface area contributed by atoms with Gasteiger partial charge in [0.05, 0.1) is 6.07 Å². The zero-order chi connectivity index (χ0) is 10.6. The number of ether oxygens (including phenoxy) is 2. The second-order valence-corrected chi connectivity index (χ2v) is 3.32. The monoisotopic (exact) mass is 197 g/mol. The molecule has 1 N–H and O–H groups in total. The molecule has 1 aliphatic rings. The molecule has 1 rings (SSSR count). The van der Waals surface area contributed by atoms with Crippen molar-refractivity contribution in [1.29, 1.82) is 5.26 Å². The van der Waals surface area contributed by atoms with Gasteiger partial charge in [0.15, 0.2) is 5.79 Å². The molecule has 0 saturated heterocycles. The number of aliphatic hydroxyl groups is 1. The number of hydrogen-bond acceptors (Lipinski definition) is 4. The summed E-state index contributed by atoms with van der Waals surface area (Å²) in [5, 5.41) is 18.5. The maximum absolute atomic E-state index is 9.94. The Morgan fingerprint density at radius 2 is 2.21 bits per heavy atom. The van der Waals surface area contributed by atoms with Crippen LogP contribution in [0.1, 0.15) is 19.3 Å². The largest absolute Gasteiger partial charge is 0.383 e. The fourth-order valence-electron chi connectivity index (χ4n) is 1.84. The second kappa shape index (κ2) is 4.56. The smallest absolute Gasteiger partial charge is 0.197 e. The third-order valence-corrected chi connectivity index (χ3v) is 2.70. The lowest BCUT2D eigenvalue weighted by Gasteiger charge is -2.39. The van der Waals surface area contributed by atoms with Crippen LogP contribution in [0.15, 0.2) is 11.6 Å². The predicted octanol–water partition coefficient (Wildman–Crippen LogP) is 0.970. The van der Waals surface area contributed by atoms with E-state index in [-0.39, 0.29) is 0 Å². The molecule has 1 atom stereocenters. The first-order valence-electron chi connectivity index (χ1n) is 4.57. The van der Waals surface area contributed by atoms with Crippen molar-refractivity contribution in [2.24, 2.45) is 0 Å². The van der Waals surface area contributed by atoms with Crippen LogP contribution >= 0.6 is 0 Å². The molecule has 0 spiro atoms. The van der Waals surface area contributed by atoms with E-state index in [9.17, 15) is 5.11 Å². The van der Waals surface area contributed by atoms with E-state index < -0.39 is 11.9 Å². The summed E-state index contributed by atoms with van der Waals surface area (Å²) in [6, 6.07) is 1.92. The molecule has 0 amide bonds. The number of allylic oxidation sites excluding steroid dienone is 1. The molecule has 1 fully saturated rings. The van der Waals surface area contributed by atoms with Crippen molar-refractivity contribution in [1.82, 2.24) is 0 Å². The fourth-order valence-corrected chi connectivity index (χ4v) is 1.84. The van der Waals surface area contributed by atoms with Crippen molar-refractivity contribution in [2.45, 2.75) is 31.2 Å². The number of nitriles is 1. The first-order chi connectivity index (χ1) is 6.70. The highest BCUT2D eigenvalue weighted by molar-refractivity contribution is 5.22. The summed E-state index contributed by atoms with van der Waals surface area (Å²) >= 11 is 0. The molecule has 0 aromatic rings. The fraction of sp³-hybridized carbons (Fsp3) is 0.700. The lowest BCUT2D eigenvalue weighted by molar-refractivity contribution is -0.260. The number of rotatable bonds is 2. The Balaban J connectivity index is 2.90. The van der Waals surface area contributed by atoms with Gasteiger partial charge in [-0.1, -0.05) is 0 Å². The van der Waals surface area contributed by atoms with Crippen molar-refractivity contribution in [3.63, 3.8) is 0 Å². The van der Waals surface area contributed by atoms with Gasteiger partial charge in [0, 0.05) is 26.7 Å². The summed E-state index contributed by atoms with van der Waals surface area (Å²) in [6.07, 6.45) is 2.75. The van der Waals surface area contributed by atoms with E-state index in [4.69, 9.17) is 14.7 Å². The van der Waals surface area contributed by atoms with Crippen LogP contribution < -0.4 is 0 Å². The summed E-state index contributed by atoms with van der Waals surface area (Å²) < 4.78 is 10.4. The van der Waals surface area contributed by atoms with Gasteiger partial charge >= 0.3 is 0 Å². The van der Waals surface area contributed by atoms with Gasteiger partial charge in [-0.15, -0.1) is 0 Å². The molecule has 1 aliphatic carbocycles. The number of nitrogens with zero attached hydrogens (tertiary/aromatic N) is 1. The summed E-state index contributed by atoms with van der Waals surface area (Å²) in [7, 11) is 3.00. The van der Waals surface area contributed by atoms with Crippen LogP contribution in [0.25, 0.3) is 0 Å². The third kappa shape index (κ3) is 1.80. The molecule has 1 unspecified atom stereocenters. The maximum atomic E-state index is 9.94. The number of hydrogen-bond donors (Lipinski definition) is 1. The minimum absolute atomic E-state index is 0.643. The van der Waals surface area contributed by atoms with Crippen LogP contribution in [-0.2, 0) is 9.47 Å². The zero-order valence-corrected chi connectivity index (χ0v) is 8.49. The summed E-state index contributed by atoms with van der Waals surface area (Å²) in [5.41, 5.74) is 0.683. The highest BCUT2D eigenvalue weighted by Gasteiger charge is 2.42. The number of aliphatic hydroxyl groups excluding tert-OH is 1. The van der Waals surface area contributed by atoms with Crippen molar-refractivity contribution >= 4 is 0 Å². The van der Waals surface area contributed by atoms with Crippen LogP contribution in [0.3, 0.4) is 0 Å². The Kier molecular flexibility index (Phi) is 3.64. The molecule has 14 heavy (non-hydrogen) atoms. The molecule has 1 saturated carbocycles. The quantitative estimate of drug-likeness (QED) is 0.529. The summed E-state index contributed by atoms with van der Waals surface area (Å²) in [6.45, 7) is 0. The molecular formula is C10H15NO3. The molecule has 0 aromatic heterocycles. The highest BCUT2D eigenvalue weighted by Crippen LogP contribution is 2.35. The molecular weight excluding hydrogens is 182 g/mol. The Bertz CT molecular complexity index is 263. The van der Waals surface area contributed by atoms with E-state index in [2.05, 4.69) is 0 Å². The van der Waals surface area contributed by atoms with Crippen LogP contribution in [0, 0.1) is 11.3 Å². The Morgan fingerprint density at radius 1 is 1.57 bits per heavy atom. The van der Waals surface area contributed by atoms with Gasteiger partial charge in [-0.2, -0.15) is 5.26 Å². The Labute approximate surface area is 83.7 Å². The highest BCUT2D eigenvalue weighted by atomic mass is 16.7. The van der Waals surface area contributed by atoms with Gasteiger partial charge in [0.1, 0.15) is 6.10 Å². The summed E-state index contributed by atoms with van der Waals surface area (Å²) in [4.78, 5) is 0. The van der Waals surface area contributed by atoms with Crippen LogP contribution in [-0.4, -0.2) is 31.2 Å². The second-order valence-electron chi connectivity index (χ2n) is 3.32. The van der Waals surface area contributed by atoms with Gasteiger partial charge in [-0.3, -0.25) is 0 Å². The van der Waals surface area contributed by atoms with Gasteiger partial charge in [-0.25, -0.2) is 0 Å². The average molecular weight is 197 g/mol. The molecule has 0 bridgehead atoms. The van der Waals surface area contributed by atoms with E-state index in [1.54, 1.807) is 0 Å². The number of methoxy groups -OCH3 is 2. The molecule has 0 aliphatic heterocycles. The standard InChI is InChI=1S/C10H15NO3/c1-13-10(14-2)6-3-4-8(5-7-11)9(10)12/h5,9,12H,3-4,6H2,1-2H3. The summed E-state index contributed by atoms with van der Waals surface area (Å²) in [5.74, 6) is -0.971. The third-order valence-electron chi connectivity index (χ3n) is 2.70. The Hall–Kier alpha value is -0.890. The SMILES string of the molecule is COC1(OC)CCCC(=CC#N)C1O. The first kappa shape index (κ1) is 11.2. The van der Waals surface area contributed by atoms with Gasteiger partial charge in [-0.05, 0) is 18.4 Å². The first-order valence-corrected chi connectivity index (χ1v) is 4.57. The lowest BCUT2D eigenvalue weighted by Crippen LogP contribution is -2.49. The predicted molar refractivity (Wildman–Crippen MR) is 50.3 cm³/mol.